The van der Waals surface area contributed by atoms with Crippen molar-refractivity contribution in [2.75, 3.05) is 0 Å². The summed E-state index contributed by atoms with van der Waals surface area (Å²) >= 11 is 4.82. The van der Waals surface area contributed by atoms with Crippen molar-refractivity contribution in [2.45, 2.75) is 40.2 Å². The first kappa shape index (κ1) is 11.2. The Labute approximate surface area is 90.3 Å². The molecule has 0 atom stereocenters. The van der Waals surface area contributed by atoms with E-state index >= 15 is 0 Å². The van der Waals surface area contributed by atoms with Gasteiger partial charge in [0.05, 0.1) is 10.7 Å². The molecule has 0 fully saturated rings. The summed E-state index contributed by atoms with van der Waals surface area (Å²) in [6, 6.07) is 0. The average Bonchev–Trinajstić information content (AvgIpc) is 2.33. The number of aromatic nitrogens is 2. The lowest BCUT2D eigenvalue weighted by atomic mass is 10.2. The fourth-order valence-corrected chi connectivity index (χ4v) is 1.55. The summed E-state index contributed by atoms with van der Waals surface area (Å²) in [5.41, 5.74) is 9.06. The molecule has 0 saturated heterocycles. The van der Waals surface area contributed by atoms with E-state index in [0.29, 0.717) is 4.99 Å². The lowest BCUT2D eigenvalue weighted by Gasteiger charge is -2.03. The van der Waals surface area contributed by atoms with E-state index in [1.165, 1.54) is 11.3 Å². The third-order valence-electron chi connectivity index (χ3n) is 2.54. The molecule has 0 radical (unpaired) electrons. The standard InChI is InChI=1S/C10H17N3S/c1-7-8(2)12-13(9(7)3)6-4-5-10(11)14/h4-6H2,1-3H3,(H2,11,14). The molecule has 1 heterocycles. The van der Waals surface area contributed by atoms with E-state index in [2.05, 4.69) is 18.9 Å². The minimum absolute atomic E-state index is 0.586. The van der Waals surface area contributed by atoms with Gasteiger partial charge in [0.1, 0.15) is 0 Å². The second-order valence-corrected chi connectivity index (χ2v) is 4.11. The van der Waals surface area contributed by atoms with E-state index in [0.717, 1.165) is 25.1 Å². The summed E-state index contributed by atoms with van der Waals surface area (Å²) in [4.78, 5) is 0.586. The van der Waals surface area contributed by atoms with Crippen LogP contribution in [0, 0.1) is 20.8 Å². The number of thiocarbonyl (C=S) groups is 1. The number of nitrogens with zero attached hydrogens (tertiary/aromatic N) is 2. The number of aryl methyl sites for hydroxylation is 2. The van der Waals surface area contributed by atoms with Gasteiger partial charge in [0, 0.05) is 12.2 Å². The van der Waals surface area contributed by atoms with E-state index in [-0.39, 0.29) is 0 Å². The van der Waals surface area contributed by atoms with E-state index in [4.69, 9.17) is 18.0 Å². The molecule has 0 bridgehead atoms. The van der Waals surface area contributed by atoms with Crippen LogP contribution in [0.25, 0.3) is 0 Å². The van der Waals surface area contributed by atoms with Crippen molar-refractivity contribution in [2.24, 2.45) is 5.73 Å². The highest BCUT2D eigenvalue weighted by atomic mass is 32.1. The Bertz CT molecular complexity index is 341. The molecule has 0 unspecified atom stereocenters. The topological polar surface area (TPSA) is 43.8 Å². The van der Waals surface area contributed by atoms with Crippen LogP contribution in [-0.2, 0) is 6.54 Å². The van der Waals surface area contributed by atoms with Gasteiger partial charge in [-0.25, -0.2) is 0 Å². The lowest BCUT2D eigenvalue weighted by Crippen LogP contribution is -2.10. The third kappa shape index (κ3) is 2.54. The monoisotopic (exact) mass is 211 g/mol. The second-order valence-electron chi connectivity index (χ2n) is 3.59. The van der Waals surface area contributed by atoms with Gasteiger partial charge in [-0.05, 0) is 39.2 Å². The van der Waals surface area contributed by atoms with Crippen molar-refractivity contribution >= 4 is 17.2 Å². The van der Waals surface area contributed by atoms with Gasteiger partial charge in [0.25, 0.3) is 0 Å². The Morgan fingerprint density at radius 3 is 2.50 bits per heavy atom. The Morgan fingerprint density at radius 2 is 2.07 bits per heavy atom. The zero-order chi connectivity index (χ0) is 10.7. The summed E-state index contributed by atoms with van der Waals surface area (Å²) in [6.45, 7) is 7.13. The molecular weight excluding hydrogens is 194 g/mol. The molecule has 0 aliphatic heterocycles. The van der Waals surface area contributed by atoms with Crippen LogP contribution in [0.3, 0.4) is 0 Å². The van der Waals surface area contributed by atoms with Crippen LogP contribution < -0.4 is 5.73 Å². The second kappa shape index (κ2) is 4.55. The zero-order valence-electron chi connectivity index (χ0n) is 9.00. The summed E-state index contributed by atoms with van der Waals surface area (Å²) < 4.78 is 2.03. The van der Waals surface area contributed by atoms with Gasteiger partial charge in [0.2, 0.25) is 0 Å². The van der Waals surface area contributed by atoms with Gasteiger partial charge in [0.15, 0.2) is 0 Å². The van der Waals surface area contributed by atoms with Crippen LogP contribution in [0.2, 0.25) is 0 Å². The largest absolute Gasteiger partial charge is 0.393 e. The summed E-state index contributed by atoms with van der Waals surface area (Å²) in [5.74, 6) is 0. The quantitative estimate of drug-likeness (QED) is 0.773. The van der Waals surface area contributed by atoms with Gasteiger partial charge >= 0.3 is 0 Å². The first-order valence-electron chi connectivity index (χ1n) is 4.81. The summed E-state index contributed by atoms with van der Waals surface area (Å²) in [7, 11) is 0. The van der Waals surface area contributed by atoms with Gasteiger partial charge in [-0.2, -0.15) is 5.10 Å². The van der Waals surface area contributed by atoms with Crippen molar-refractivity contribution in [3.8, 4) is 0 Å². The molecule has 0 saturated carbocycles. The van der Waals surface area contributed by atoms with Crippen molar-refractivity contribution in [1.29, 1.82) is 0 Å². The highest BCUT2D eigenvalue weighted by Crippen LogP contribution is 2.11. The number of hydrogen-bond acceptors (Lipinski definition) is 2. The van der Waals surface area contributed by atoms with Crippen LogP contribution in [0.15, 0.2) is 0 Å². The predicted octanol–water partition coefficient (Wildman–Crippen LogP) is 1.87. The van der Waals surface area contributed by atoms with Crippen molar-refractivity contribution in [1.82, 2.24) is 9.78 Å². The maximum absolute atomic E-state index is 5.43. The first-order valence-corrected chi connectivity index (χ1v) is 5.22. The predicted molar refractivity (Wildman–Crippen MR) is 62.5 cm³/mol. The summed E-state index contributed by atoms with van der Waals surface area (Å²) in [6.07, 6.45) is 1.77. The number of nitrogens with two attached hydrogens (primary N) is 1. The van der Waals surface area contributed by atoms with Crippen LogP contribution >= 0.6 is 12.2 Å². The Balaban J connectivity index is 2.59. The Kier molecular flexibility index (Phi) is 3.63. The molecule has 78 valence electrons. The average molecular weight is 211 g/mol. The number of hydrogen-bond donors (Lipinski definition) is 1. The molecule has 1 aromatic rings. The maximum atomic E-state index is 5.43. The van der Waals surface area contributed by atoms with Crippen LogP contribution in [0.5, 0.6) is 0 Å². The van der Waals surface area contributed by atoms with Crippen LogP contribution in [-0.4, -0.2) is 14.8 Å². The van der Waals surface area contributed by atoms with Crippen molar-refractivity contribution < 1.29 is 0 Å². The SMILES string of the molecule is Cc1nn(CCCC(N)=S)c(C)c1C. The molecule has 0 spiro atoms. The zero-order valence-corrected chi connectivity index (χ0v) is 9.82. The van der Waals surface area contributed by atoms with E-state index in [1.54, 1.807) is 0 Å². The highest BCUT2D eigenvalue weighted by molar-refractivity contribution is 7.80. The first-order chi connectivity index (χ1) is 6.52. The van der Waals surface area contributed by atoms with Crippen molar-refractivity contribution in [3.63, 3.8) is 0 Å². The minimum Gasteiger partial charge on any atom is -0.393 e. The Morgan fingerprint density at radius 1 is 1.43 bits per heavy atom. The molecule has 0 aliphatic rings. The van der Waals surface area contributed by atoms with E-state index < -0.39 is 0 Å². The van der Waals surface area contributed by atoms with Crippen LogP contribution in [0.4, 0.5) is 0 Å². The third-order valence-corrected chi connectivity index (χ3v) is 2.74. The molecule has 0 aromatic carbocycles. The van der Waals surface area contributed by atoms with Crippen LogP contribution in [0.1, 0.15) is 29.8 Å². The molecule has 0 amide bonds. The van der Waals surface area contributed by atoms with Gasteiger partial charge in [-0.1, -0.05) is 12.2 Å². The molecule has 1 rings (SSSR count). The Hall–Kier alpha value is -0.900. The van der Waals surface area contributed by atoms with E-state index in [1.807, 2.05) is 11.6 Å². The molecule has 4 heteroatoms. The molecule has 3 nitrogen and oxygen atoms in total. The summed E-state index contributed by atoms with van der Waals surface area (Å²) in [5, 5.41) is 4.44. The molecule has 0 aliphatic carbocycles. The lowest BCUT2D eigenvalue weighted by molar-refractivity contribution is 0.571. The number of rotatable bonds is 4. The molecule has 1 aromatic heterocycles. The molecule has 2 N–H and O–H groups in total. The maximum Gasteiger partial charge on any atom is 0.0728 e. The smallest absolute Gasteiger partial charge is 0.0728 e. The fourth-order valence-electron chi connectivity index (χ4n) is 1.41. The van der Waals surface area contributed by atoms with Gasteiger partial charge in [-0.15, -0.1) is 0 Å². The van der Waals surface area contributed by atoms with Crippen molar-refractivity contribution in [3.05, 3.63) is 17.0 Å². The molecule has 14 heavy (non-hydrogen) atoms. The highest BCUT2D eigenvalue weighted by Gasteiger charge is 2.06. The minimum atomic E-state index is 0.586. The molecular formula is C10H17N3S. The fraction of sp³-hybridized carbons (Fsp3) is 0.600. The van der Waals surface area contributed by atoms with E-state index in [9.17, 15) is 0 Å². The normalized spacial score (nSPS) is 10.5. The van der Waals surface area contributed by atoms with Gasteiger partial charge < -0.3 is 5.73 Å². The van der Waals surface area contributed by atoms with Gasteiger partial charge in [-0.3, -0.25) is 4.68 Å².